The average molecular weight is 755 g/mol. The molecule has 3 heteroatoms. The molecule has 0 unspecified atom stereocenters. The van der Waals surface area contributed by atoms with Crippen LogP contribution >= 0.6 is 11.8 Å². The number of hydrogen-bond donors (Lipinski definition) is 0. The molecular formula is C55H34N2S. The minimum atomic E-state index is -0.401. The predicted octanol–water partition coefficient (Wildman–Crippen LogP) is 14.3. The molecule has 2 aliphatic rings. The molecule has 9 aromatic carbocycles. The Morgan fingerprint density at radius 3 is 1.69 bits per heavy atom. The van der Waals surface area contributed by atoms with Crippen molar-refractivity contribution in [3.05, 3.63) is 229 Å². The van der Waals surface area contributed by atoms with Gasteiger partial charge in [-0.25, -0.2) is 9.97 Å². The van der Waals surface area contributed by atoms with E-state index in [1.165, 1.54) is 75.8 Å². The average Bonchev–Trinajstić information content (AvgIpc) is 3.59. The van der Waals surface area contributed by atoms with Crippen LogP contribution < -0.4 is 0 Å². The fourth-order valence-corrected chi connectivity index (χ4v) is 10.7. The van der Waals surface area contributed by atoms with Crippen molar-refractivity contribution in [3.8, 4) is 56.2 Å². The zero-order chi connectivity index (χ0) is 38.2. The maximum absolute atomic E-state index is 5.16. The summed E-state index contributed by atoms with van der Waals surface area (Å²) in [5, 5.41) is 4.94. The molecule has 1 aliphatic heterocycles. The van der Waals surface area contributed by atoms with Crippen LogP contribution in [-0.4, -0.2) is 9.97 Å². The molecule has 2 nitrogen and oxygen atoms in total. The molecule has 0 saturated carbocycles. The highest BCUT2D eigenvalue weighted by Crippen LogP contribution is 2.62. The summed E-state index contributed by atoms with van der Waals surface area (Å²) in [5.41, 5.74) is 14.9. The number of fused-ring (bicyclic) bond motifs is 12. The second-order valence-electron chi connectivity index (χ2n) is 15.3. The number of aromatic nitrogens is 2. The highest BCUT2D eigenvalue weighted by Gasteiger charge is 2.50. The Hall–Kier alpha value is -7.07. The summed E-state index contributed by atoms with van der Waals surface area (Å²) in [6.45, 7) is 0. The lowest BCUT2D eigenvalue weighted by Gasteiger charge is -2.40. The van der Waals surface area contributed by atoms with Gasteiger partial charge in [-0.3, -0.25) is 0 Å². The SMILES string of the molecule is c1ccc(-c2nc(-c3ccc(-c4ccc5c(c4)C4(c6ccccc6S5)c5ccccc5-c5ccccc54)cc3)cc(-c3ccc4c(ccc5ccccc54)c3)n2)cc1. The quantitative estimate of drug-likeness (QED) is 0.167. The van der Waals surface area contributed by atoms with Gasteiger partial charge < -0.3 is 0 Å². The fourth-order valence-electron chi connectivity index (χ4n) is 9.50. The van der Waals surface area contributed by atoms with Crippen LogP contribution in [0.1, 0.15) is 22.3 Å². The summed E-state index contributed by atoms with van der Waals surface area (Å²) >= 11 is 1.88. The second kappa shape index (κ2) is 13.0. The maximum atomic E-state index is 5.16. The molecule has 0 radical (unpaired) electrons. The van der Waals surface area contributed by atoms with Crippen LogP contribution in [0.2, 0.25) is 0 Å². The minimum Gasteiger partial charge on any atom is -0.228 e. The Labute approximate surface area is 341 Å². The van der Waals surface area contributed by atoms with Crippen molar-refractivity contribution < 1.29 is 0 Å². The highest BCUT2D eigenvalue weighted by molar-refractivity contribution is 7.99. The van der Waals surface area contributed by atoms with Gasteiger partial charge in [-0.2, -0.15) is 0 Å². The molecule has 0 fully saturated rings. The zero-order valence-corrected chi connectivity index (χ0v) is 32.2. The smallest absolute Gasteiger partial charge is 0.160 e. The van der Waals surface area contributed by atoms with Crippen LogP contribution in [0.3, 0.4) is 0 Å². The van der Waals surface area contributed by atoms with Gasteiger partial charge in [-0.1, -0.05) is 188 Å². The van der Waals surface area contributed by atoms with E-state index in [9.17, 15) is 0 Å². The zero-order valence-electron chi connectivity index (χ0n) is 31.4. The van der Waals surface area contributed by atoms with E-state index in [2.05, 4.69) is 188 Å². The first-order valence-electron chi connectivity index (χ1n) is 19.8. The van der Waals surface area contributed by atoms with E-state index in [0.717, 1.165) is 28.1 Å². The van der Waals surface area contributed by atoms with Crippen molar-refractivity contribution >= 4 is 33.3 Å². The van der Waals surface area contributed by atoms with E-state index < -0.39 is 5.41 Å². The van der Waals surface area contributed by atoms with Crippen molar-refractivity contribution in [1.82, 2.24) is 9.97 Å². The third-order valence-corrected chi connectivity index (χ3v) is 13.3. The second-order valence-corrected chi connectivity index (χ2v) is 16.4. The molecule has 2 heterocycles. The van der Waals surface area contributed by atoms with E-state index in [-0.39, 0.29) is 0 Å². The van der Waals surface area contributed by atoms with Gasteiger partial charge in [0.1, 0.15) is 0 Å². The third-order valence-electron chi connectivity index (χ3n) is 12.2. The lowest BCUT2D eigenvalue weighted by molar-refractivity contribution is 0.723. The molecule has 0 N–H and O–H groups in total. The van der Waals surface area contributed by atoms with Crippen molar-refractivity contribution in [2.45, 2.75) is 15.2 Å². The largest absolute Gasteiger partial charge is 0.228 e. The molecule has 1 aliphatic carbocycles. The van der Waals surface area contributed by atoms with Gasteiger partial charge in [0.25, 0.3) is 0 Å². The number of rotatable bonds is 4. The van der Waals surface area contributed by atoms with E-state index in [1.54, 1.807) is 0 Å². The summed E-state index contributed by atoms with van der Waals surface area (Å²) in [7, 11) is 0. The first-order chi connectivity index (χ1) is 28.7. The normalized spacial score (nSPS) is 13.2. The molecule has 10 aromatic rings. The summed E-state index contributed by atoms with van der Waals surface area (Å²) in [4.78, 5) is 12.9. The fraction of sp³-hybridized carbons (Fsp3) is 0.0182. The lowest BCUT2D eigenvalue weighted by Crippen LogP contribution is -2.32. The Kier molecular flexibility index (Phi) is 7.41. The number of benzene rings is 9. The Balaban J connectivity index is 0.972. The van der Waals surface area contributed by atoms with Crippen LogP contribution in [0.5, 0.6) is 0 Å². The van der Waals surface area contributed by atoms with Crippen LogP contribution in [-0.2, 0) is 5.41 Å². The van der Waals surface area contributed by atoms with Crippen LogP contribution in [0.4, 0.5) is 0 Å². The summed E-state index contributed by atoms with van der Waals surface area (Å²) in [6, 6.07) is 75.1. The third kappa shape index (κ3) is 5.00. The van der Waals surface area contributed by atoms with Crippen LogP contribution in [0, 0.1) is 0 Å². The highest BCUT2D eigenvalue weighted by atomic mass is 32.2. The van der Waals surface area contributed by atoms with Gasteiger partial charge in [0.2, 0.25) is 0 Å². The van der Waals surface area contributed by atoms with Gasteiger partial charge >= 0.3 is 0 Å². The number of nitrogens with zero attached hydrogens (tertiary/aromatic N) is 2. The molecule has 0 saturated heterocycles. The molecule has 1 aromatic heterocycles. The van der Waals surface area contributed by atoms with Crippen LogP contribution in [0.15, 0.2) is 216 Å². The van der Waals surface area contributed by atoms with E-state index in [0.29, 0.717) is 5.82 Å². The van der Waals surface area contributed by atoms with Gasteiger partial charge in [0.15, 0.2) is 5.82 Å². The van der Waals surface area contributed by atoms with E-state index in [1.807, 2.05) is 30.0 Å². The maximum Gasteiger partial charge on any atom is 0.160 e. The van der Waals surface area contributed by atoms with Crippen molar-refractivity contribution in [1.29, 1.82) is 0 Å². The van der Waals surface area contributed by atoms with Gasteiger partial charge in [-0.15, -0.1) is 0 Å². The van der Waals surface area contributed by atoms with Gasteiger partial charge in [-0.05, 0) is 96.4 Å². The Morgan fingerprint density at radius 2 is 0.897 bits per heavy atom. The molecular weight excluding hydrogens is 721 g/mol. The monoisotopic (exact) mass is 754 g/mol. The first-order valence-corrected chi connectivity index (χ1v) is 20.6. The molecule has 12 rings (SSSR count). The van der Waals surface area contributed by atoms with Gasteiger partial charge in [0.05, 0.1) is 16.8 Å². The first kappa shape index (κ1) is 33.1. The van der Waals surface area contributed by atoms with Gasteiger partial charge in [0, 0.05) is 26.5 Å². The van der Waals surface area contributed by atoms with Crippen molar-refractivity contribution in [2.24, 2.45) is 0 Å². The van der Waals surface area contributed by atoms with E-state index in [4.69, 9.17) is 9.97 Å². The molecule has 58 heavy (non-hydrogen) atoms. The molecule has 0 amide bonds. The summed E-state index contributed by atoms with van der Waals surface area (Å²) in [5.74, 6) is 0.714. The lowest BCUT2D eigenvalue weighted by atomic mass is 9.67. The molecule has 270 valence electrons. The molecule has 0 atom stereocenters. The summed E-state index contributed by atoms with van der Waals surface area (Å²) < 4.78 is 0. The minimum absolute atomic E-state index is 0.401. The molecule has 1 spiro atoms. The Morgan fingerprint density at radius 1 is 0.328 bits per heavy atom. The van der Waals surface area contributed by atoms with Crippen molar-refractivity contribution in [3.63, 3.8) is 0 Å². The predicted molar refractivity (Wildman–Crippen MR) is 240 cm³/mol. The number of hydrogen-bond acceptors (Lipinski definition) is 3. The summed E-state index contributed by atoms with van der Waals surface area (Å²) in [6.07, 6.45) is 0. The topological polar surface area (TPSA) is 25.8 Å². The van der Waals surface area contributed by atoms with E-state index >= 15 is 0 Å². The standard InChI is InChI=1S/C55H34N2S/c1-2-13-38(14-3-1)54-56-50(34-51(57-54)41-28-30-43-40(32-41)27-24-36-12-4-5-15-42(36)43)37-25-22-35(23-26-37)39-29-31-53-49(33-39)55(48-20-10-11-21-52(48)58-53)46-18-8-6-16-44(46)45-17-7-9-19-47(45)55/h1-34H. The van der Waals surface area contributed by atoms with Crippen molar-refractivity contribution in [2.75, 3.05) is 0 Å². The Bertz CT molecular complexity index is 3210. The molecule has 0 bridgehead atoms. The van der Waals surface area contributed by atoms with Crippen LogP contribution in [0.25, 0.3) is 77.7 Å².